The Hall–Kier alpha value is -1.71. The topological polar surface area (TPSA) is 50.4 Å². The molecule has 2 N–H and O–H groups in total. The average Bonchev–Trinajstić information content (AvgIpc) is 2.38. The number of amides is 2. The van der Waals surface area contributed by atoms with Crippen LogP contribution in [0.3, 0.4) is 0 Å². The summed E-state index contributed by atoms with van der Waals surface area (Å²) in [4.78, 5) is 11.9. The van der Waals surface area contributed by atoms with Gasteiger partial charge < -0.3 is 15.4 Å². The molecule has 0 spiro atoms. The summed E-state index contributed by atoms with van der Waals surface area (Å²) in [6, 6.07) is 7.54. The molecular formula is C15H22N2O2. The van der Waals surface area contributed by atoms with E-state index in [0.29, 0.717) is 12.0 Å². The van der Waals surface area contributed by atoms with E-state index in [0.717, 1.165) is 24.3 Å². The number of benzene rings is 1. The Morgan fingerprint density at radius 2 is 2.21 bits per heavy atom. The quantitative estimate of drug-likeness (QED) is 0.877. The maximum atomic E-state index is 11.9. The minimum atomic E-state index is -0.132. The lowest BCUT2D eigenvalue weighted by Crippen LogP contribution is -2.40. The molecule has 104 valence electrons. The molecule has 19 heavy (non-hydrogen) atoms. The highest BCUT2D eigenvalue weighted by Crippen LogP contribution is 2.23. The Labute approximate surface area is 114 Å². The third-order valence-electron chi connectivity index (χ3n) is 3.60. The molecule has 0 saturated heterocycles. The molecule has 2 unspecified atom stereocenters. The summed E-state index contributed by atoms with van der Waals surface area (Å²) >= 11 is 0. The molecule has 4 heteroatoms. The van der Waals surface area contributed by atoms with Crippen molar-refractivity contribution in [2.45, 2.75) is 38.6 Å². The largest absolute Gasteiger partial charge is 0.497 e. The first-order valence-corrected chi connectivity index (χ1v) is 6.89. The van der Waals surface area contributed by atoms with Crippen LogP contribution in [0.1, 0.15) is 32.6 Å². The number of carbonyl (C=O) groups excluding carboxylic acids is 1. The van der Waals surface area contributed by atoms with Crippen molar-refractivity contribution < 1.29 is 9.53 Å². The molecule has 0 radical (unpaired) electrons. The number of nitrogens with one attached hydrogen (secondary N) is 2. The lowest BCUT2D eigenvalue weighted by Gasteiger charge is -2.27. The fraction of sp³-hybridized carbons (Fsp3) is 0.533. The molecule has 0 aliphatic heterocycles. The zero-order chi connectivity index (χ0) is 13.7. The molecule has 0 aromatic heterocycles. The monoisotopic (exact) mass is 262 g/mol. The van der Waals surface area contributed by atoms with Crippen molar-refractivity contribution in [1.82, 2.24) is 5.32 Å². The van der Waals surface area contributed by atoms with Crippen molar-refractivity contribution in [3.05, 3.63) is 24.3 Å². The Morgan fingerprint density at radius 1 is 1.37 bits per heavy atom. The van der Waals surface area contributed by atoms with E-state index in [1.54, 1.807) is 7.11 Å². The first kappa shape index (κ1) is 13.7. The standard InChI is InChI=1S/C15H22N2O2/c1-11-5-3-6-12(9-11)16-15(18)17-13-7-4-8-14(10-13)19-2/h4,7-8,10-12H,3,5-6,9H2,1-2H3,(H2,16,17,18). The van der Waals surface area contributed by atoms with Gasteiger partial charge in [-0.1, -0.05) is 25.8 Å². The van der Waals surface area contributed by atoms with E-state index < -0.39 is 0 Å². The highest BCUT2D eigenvalue weighted by molar-refractivity contribution is 5.89. The Bertz CT molecular complexity index is 434. The number of anilines is 1. The van der Waals surface area contributed by atoms with Gasteiger partial charge >= 0.3 is 6.03 Å². The van der Waals surface area contributed by atoms with E-state index in [-0.39, 0.29) is 6.03 Å². The fourth-order valence-electron chi connectivity index (χ4n) is 2.62. The molecule has 2 amide bonds. The Balaban J connectivity index is 1.86. The number of urea groups is 1. The number of carbonyl (C=O) groups is 1. The van der Waals surface area contributed by atoms with Gasteiger partial charge in [0.15, 0.2) is 0 Å². The van der Waals surface area contributed by atoms with Crippen LogP contribution in [0.25, 0.3) is 0 Å². The summed E-state index contributed by atoms with van der Waals surface area (Å²) in [6.45, 7) is 2.24. The van der Waals surface area contributed by atoms with E-state index in [2.05, 4.69) is 17.6 Å². The van der Waals surface area contributed by atoms with Crippen molar-refractivity contribution in [3.63, 3.8) is 0 Å². The van der Waals surface area contributed by atoms with Crippen LogP contribution in [0.15, 0.2) is 24.3 Å². The smallest absolute Gasteiger partial charge is 0.319 e. The molecule has 2 atom stereocenters. The zero-order valence-electron chi connectivity index (χ0n) is 11.6. The van der Waals surface area contributed by atoms with Crippen LogP contribution in [0.5, 0.6) is 5.75 Å². The second-order valence-electron chi connectivity index (χ2n) is 5.30. The van der Waals surface area contributed by atoms with Gasteiger partial charge in [-0.2, -0.15) is 0 Å². The number of hydrogen-bond donors (Lipinski definition) is 2. The fourth-order valence-corrected chi connectivity index (χ4v) is 2.62. The molecule has 4 nitrogen and oxygen atoms in total. The Kier molecular flexibility index (Phi) is 4.66. The maximum Gasteiger partial charge on any atom is 0.319 e. The highest BCUT2D eigenvalue weighted by Gasteiger charge is 2.20. The summed E-state index contributed by atoms with van der Waals surface area (Å²) < 4.78 is 5.13. The van der Waals surface area contributed by atoms with Crippen LogP contribution in [0.2, 0.25) is 0 Å². The minimum Gasteiger partial charge on any atom is -0.497 e. The molecule has 1 aromatic rings. The van der Waals surface area contributed by atoms with Crippen LogP contribution >= 0.6 is 0 Å². The Morgan fingerprint density at radius 3 is 2.95 bits per heavy atom. The normalized spacial score (nSPS) is 22.6. The number of ether oxygens (including phenoxy) is 1. The lowest BCUT2D eigenvalue weighted by molar-refractivity contribution is 0.238. The molecule has 2 rings (SSSR count). The second kappa shape index (κ2) is 6.45. The van der Waals surface area contributed by atoms with Crippen LogP contribution in [-0.4, -0.2) is 19.2 Å². The van der Waals surface area contributed by atoms with E-state index in [1.165, 1.54) is 12.8 Å². The predicted octanol–water partition coefficient (Wildman–Crippen LogP) is 3.40. The van der Waals surface area contributed by atoms with Gasteiger partial charge in [-0.3, -0.25) is 0 Å². The van der Waals surface area contributed by atoms with E-state index >= 15 is 0 Å². The second-order valence-corrected chi connectivity index (χ2v) is 5.30. The van der Waals surface area contributed by atoms with Crippen LogP contribution < -0.4 is 15.4 Å². The van der Waals surface area contributed by atoms with E-state index in [9.17, 15) is 4.79 Å². The minimum absolute atomic E-state index is 0.132. The van der Waals surface area contributed by atoms with Crippen LogP contribution in [-0.2, 0) is 0 Å². The third kappa shape index (κ3) is 4.16. The molecule has 0 heterocycles. The first-order valence-electron chi connectivity index (χ1n) is 6.89. The van der Waals surface area contributed by atoms with Crippen molar-refractivity contribution in [2.24, 2.45) is 5.92 Å². The third-order valence-corrected chi connectivity index (χ3v) is 3.60. The van der Waals surface area contributed by atoms with Gasteiger partial charge in [-0.05, 0) is 30.9 Å². The average molecular weight is 262 g/mol. The summed E-state index contributed by atoms with van der Waals surface area (Å²) in [5.41, 5.74) is 0.751. The molecule has 1 saturated carbocycles. The van der Waals surface area contributed by atoms with Crippen LogP contribution in [0, 0.1) is 5.92 Å². The van der Waals surface area contributed by atoms with Crippen LogP contribution in [0.4, 0.5) is 10.5 Å². The van der Waals surface area contributed by atoms with Gasteiger partial charge in [0.1, 0.15) is 5.75 Å². The van der Waals surface area contributed by atoms with Gasteiger partial charge in [0.2, 0.25) is 0 Å². The lowest BCUT2D eigenvalue weighted by atomic mass is 9.87. The van der Waals surface area contributed by atoms with Crippen molar-refractivity contribution in [2.75, 3.05) is 12.4 Å². The van der Waals surface area contributed by atoms with Gasteiger partial charge in [0, 0.05) is 17.8 Å². The predicted molar refractivity (Wildman–Crippen MR) is 76.6 cm³/mol. The highest BCUT2D eigenvalue weighted by atomic mass is 16.5. The molecule has 1 aliphatic rings. The number of hydrogen-bond acceptors (Lipinski definition) is 2. The van der Waals surface area contributed by atoms with Gasteiger partial charge in [0.05, 0.1) is 7.11 Å². The van der Waals surface area contributed by atoms with Crippen molar-refractivity contribution >= 4 is 11.7 Å². The SMILES string of the molecule is COc1cccc(NC(=O)NC2CCCC(C)C2)c1. The molecule has 1 aliphatic carbocycles. The molecule has 1 aromatic carbocycles. The van der Waals surface area contributed by atoms with E-state index in [4.69, 9.17) is 4.74 Å². The zero-order valence-corrected chi connectivity index (χ0v) is 11.6. The molecular weight excluding hydrogens is 240 g/mol. The summed E-state index contributed by atoms with van der Waals surface area (Å²) in [7, 11) is 1.61. The summed E-state index contributed by atoms with van der Waals surface area (Å²) in [5, 5.41) is 5.89. The van der Waals surface area contributed by atoms with Gasteiger partial charge in [-0.25, -0.2) is 4.79 Å². The van der Waals surface area contributed by atoms with Gasteiger partial charge in [-0.15, -0.1) is 0 Å². The van der Waals surface area contributed by atoms with E-state index in [1.807, 2.05) is 24.3 Å². The molecule has 1 fully saturated rings. The van der Waals surface area contributed by atoms with Crippen molar-refractivity contribution in [3.8, 4) is 5.75 Å². The molecule has 0 bridgehead atoms. The first-order chi connectivity index (χ1) is 9.17. The van der Waals surface area contributed by atoms with Crippen molar-refractivity contribution in [1.29, 1.82) is 0 Å². The van der Waals surface area contributed by atoms with Gasteiger partial charge in [0.25, 0.3) is 0 Å². The number of rotatable bonds is 3. The summed E-state index contributed by atoms with van der Waals surface area (Å²) in [6.07, 6.45) is 4.63. The number of methoxy groups -OCH3 is 1. The maximum absolute atomic E-state index is 11.9. The summed E-state index contributed by atoms with van der Waals surface area (Å²) in [5.74, 6) is 1.44.